The molecule has 1 aromatic rings. The number of aliphatic hydroxyl groups is 2. The summed E-state index contributed by atoms with van der Waals surface area (Å²) in [7, 11) is 0. The predicted molar refractivity (Wildman–Crippen MR) is 86.4 cm³/mol. The van der Waals surface area contributed by atoms with E-state index in [9.17, 15) is 9.50 Å². The van der Waals surface area contributed by atoms with Gasteiger partial charge in [0.25, 0.3) is 0 Å². The number of benzene rings is 1. The molecule has 0 saturated heterocycles. The van der Waals surface area contributed by atoms with Crippen LogP contribution in [-0.4, -0.2) is 29.5 Å². The minimum Gasteiger partial charge on any atom is -0.495 e. The van der Waals surface area contributed by atoms with Crippen LogP contribution in [0, 0.1) is 11.2 Å². The lowest BCUT2D eigenvalue weighted by Crippen LogP contribution is -2.27. The number of fused-ring (bicyclic) bond motifs is 1. The van der Waals surface area contributed by atoms with Crippen LogP contribution in [0.5, 0.6) is 0 Å². The molecule has 1 aromatic carbocycles. The third kappa shape index (κ3) is 3.33. The molecule has 2 aliphatic rings. The van der Waals surface area contributed by atoms with Gasteiger partial charge in [0.1, 0.15) is 18.5 Å². The molecule has 3 rings (SSSR count). The van der Waals surface area contributed by atoms with Crippen molar-refractivity contribution in [1.29, 1.82) is 0 Å². The van der Waals surface area contributed by atoms with Gasteiger partial charge in [-0.05, 0) is 42.2 Å². The van der Waals surface area contributed by atoms with E-state index in [1.807, 2.05) is 6.07 Å². The highest BCUT2D eigenvalue weighted by molar-refractivity contribution is 5.47. The van der Waals surface area contributed by atoms with Gasteiger partial charge >= 0.3 is 0 Å². The van der Waals surface area contributed by atoms with E-state index in [0.29, 0.717) is 6.42 Å². The van der Waals surface area contributed by atoms with Crippen LogP contribution in [0.25, 0.3) is 0 Å². The number of hydrogen-bond donors (Lipinski definition) is 2. The summed E-state index contributed by atoms with van der Waals surface area (Å²) < 4.78 is 19.2. The number of ether oxygens (including phenoxy) is 1. The Labute approximate surface area is 136 Å². The molecule has 0 radical (unpaired) electrons. The summed E-state index contributed by atoms with van der Waals surface area (Å²) in [4.78, 5) is 0. The van der Waals surface area contributed by atoms with Crippen LogP contribution in [0.4, 0.5) is 4.39 Å². The first-order valence-electron chi connectivity index (χ1n) is 8.01. The number of allylic oxidation sites excluding steroid dienone is 3. The van der Waals surface area contributed by atoms with Crippen LogP contribution in [0.15, 0.2) is 41.2 Å². The zero-order valence-electron chi connectivity index (χ0n) is 13.6. The lowest BCUT2D eigenvalue weighted by Gasteiger charge is -2.37. The smallest absolute Gasteiger partial charge is 0.123 e. The molecule has 0 unspecified atom stereocenters. The van der Waals surface area contributed by atoms with Crippen LogP contribution in [0.1, 0.15) is 31.4 Å². The summed E-state index contributed by atoms with van der Waals surface area (Å²) in [5.74, 6) is 0.627. The molecule has 23 heavy (non-hydrogen) atoms. The van der Waals surface area contributed by atoms with Gasteiger partial charge in [-0.15, -0.1) is 0 Å². The van der Waals surface area contributed by atoms with Crippen molar-refractivity contribution >= 4 is 0 Å². The van der Waals surface area contributed by atoms with Crippen molar-refractivity contribution in [3.63, 3.8) is 0 Å². The van der Waals surface area contributed by atoms with Crippen molar-refractivity contribution in [2.45, 2.75) is 39.2 Å². The maximum absolute atomic E-state index is 13.5. The first kappa shape index (κ1) is 16.2. The van der Waals surface area contributed by atoms with Crippen LogP contribution >= 0.6 is 0 Å². The third-order valence-corrected chi connectivity index (χ3v) is 4.73. The van der Waals surface area contributed by atoms with Crippen molar-refractivity contribution in [2.75, 3.05) is 13.2 Å². The summed E-state index contributed by atoms with van der Waals surface area (Å²) in [6.45, 7) is 4.09. The maximum Gasteiger partial charge on any atom is 0.123 e. The fraction of sp³-hybridized carbons (Fsp3) is 0.474. The molecule has 3 nitrogen and oxygen atoms in total. The molecule has 0 amide bonds. The Bertz CT molecular complexity index is 673. The number of rotatable bonds is 4. The summed E-state index contributed by atoms with van der Waals surface area (Å²) in [5.41, 5.74) is 4.79. The van der Waals surface area contributed by atoms with Crippen LogP contribution in [0.3, 0.4) is 0 Å². The molecule has 0 spiro atoms. The Morgan fingerprint density at radius 1 is 1.22 bits per heavy atom. The minimum absolute atomic E-state index is 0.0895. The molecule has 2 aliphatic carbocycles. The molecular weight excluding hydrogens is 295 g/mol. The zero-order chi connectivity index (χ0) is 16.6. The second kappa shape index (κ2) is 6.10. The summed E-state index contributed by atoms with van der Waals surface area (Å²) >= 11 is 0. The Morgan fingerprint density at radius 3 is 2.74 bits per heavy atom. The normalized spacial score (nSPS) is 20.5. The minimum atomic E-state index is -0.865. The molecule has 1 atom stereocenters. The molecule has 2 N–H and O–H groups in total. The highest BCUT2D eigenvalue weighted by Gasteiger charge is 2.33. The van der Waals surface area contributed by atoms with Gasteiger partial charge in [0.2, 0.25) is 0 Å². The molecule has 124 valence electrons. The second-order valence-electron chi connectivity index (χ2n) is 7.01. The van der Waals surface area contributed by atoms with Gasteiger partial charge in [0.05, 0.1) is 12.4 Å². The molecule has 0 aliphatic heterocycles. The van der Waals surface area contributed by atoms with Gasteiger partial charge in [-0.3, -0.25) is 0 Å². The second-order valence-corrected chi connectivity index (χ2v) is 7.01. The van der Waals surface area contributed by atoms with Gasteiger partial charge in [-0.1, -0.05) is 31.1 Å². The van der Waals surface area contributed by atoms with E-state index in [2.05, 4.69) is 19.9 Å². The fourth-order valence-corrected chi connectivity index (χ4v) is 3.54. The number of aliphatic hydroxyl groups excluding tert-OH is 2. The molecule has 0 heterocycles. The highest BCUT2D eigenvalue weighted by atomic mass is 19.1. The van der Waals surface area contributed by atoms with E-state index in [1.54, 1.807) is 6.07 Å². The lowest BCUT2D eigenvalue weighted by atomic mass is 9.69. The van der Waals surface area contributed by atoms with Gasteiger partial charge in [0, 0.05) is 11.8 Å². The third-order valence-electron chi connectivity index (χ3n) is 4.73. The molecule has 0 saturated carbocycles. The first-order valence-corrected chi connectivity index (χ1v) is 8.01. The number of halogens is 1. The molecule has 4 heteroatoms. The first-order chi connectivity index (χ1) is 10.9. The van der Waals surface area contributed by atoms with Gasteiger partial charge in [-0.2, -0.15) is 0 Å². The highest BCUT2D eigenvalue weighted by Crippen LogP contribution is 2.44. The maximum atomic E-state index is 13.5. The average molecular weight is 318 g/mol. The SMILES string of the molecule is CC1(C)C=C(OC[C@H](O)CO)CC2=C1Cc1ccc(F)cc1C2. The number of hydrogen-bond acceptors (Lipinski definition) is 3. The van der Waals surface area contributed by atoms with E-state index >= 15 is 0 Å². The van der Waals surface area contributed by atoms with Gasteiger partial charge in [-0.25, -0.2) is 4.39 Å². The quantitative estimate of drug-likeness (QED) is 0.839. The fourth-order valence-electron chi connectivity index (χ4n) is 3.54. The van der Waals surface area contributed by atoms with Crippen LogP contribution < -0.4 is 0 Å². The Hall–Kier alpha value is -1.65. The average Bonchev–Trinajstić information content (AvgIpc) is 2.50. The monoisotopic (exact) mass is 318 g/mol. The van der Waals surface area contributed by atoms with Crippen molar-refractivity contribution in [2.24, 2.45) is 5.41 Å². The van der Waals surface area contributed by atoms with E-state index in [0.717, 1.165) is 24.2 Å². The van der Waals surface area contributed by atoms with E-state index < -0.39 is 6.10 Å². The van der Waals surface area contributed by atoms with Crippen LogP contribution in [-0.2, 0) is 17.6 Å². The molecule has 0 bridgehead atoms. The van der Waals surface area contributed by atoms with E-state index in [1.165, 1.54) is 22.8 Å². The molecule has 0 aromatic heterocycles. The van der Waals surface area contributed by atoms with Crippen molar-refractivity contribution in [3.8, 4) is 0 Å². The Kier molecular flexibility index (Phi) is 4.30. The Morgan fingerprint density at radius 2 is 2.00 bits per heavy atom. The van der Waals surface area contributed by atoms with Gasteiger partial charge in [0.15, 0.2) is 0 Å². The largest absolute Gasteiger partial charge is 0.495 e. The predicted octanol–water partition coefficient (Wildman–Crippen LogP) is 2.90. The summed E-state index contributed by atoms with van der Waals surface area (Å²) in [6, 6.07) is 5.04. The molecular formula is C19H23FO3. The van der Waals surface area contributed by atoms with Gasteiger partial charge < -0.3 is 14.9 Å². The van der Waals surface area contributed by atoms with E-state index in [4.69, 9.17) is 9.84 Å². The summed E-state index contributed by atoms with van der Waals surface area (Å²) in [6.07, 6.45) is 3.52. The zero-order valence-corrected chi connectivity index (χ0v) is 13.6. The standard InChI is InChI=1S/C19H23FO3/c1-19(2)9-17(23-11-16(22)10-21)7-14-5-13-6-15(20)4-3-12(13)8-18(14)19/h3-4,6,9,16,21-22H,5,7-8,10-11H2,1-2H3/t16-/m1/s1. The molecule has 0 fully saturated rings. The van der Waals surface area contributed by atoms with Crippen molar-refractivity contribution in [1.82, 2.24) is 0 Å². The Balaban J connectivity index is 1.81. The van der Waals surface area contributed by atoms with E-state index in [-0.39, 0.29) is 24.4 Å². The van der Waals surface area contributed by atoms with Crippen LogP contribution in [0.2, 0.25) is 0 Å². The summed E-state index contributed by atoms with van der Waals surface area (Å²) in [5, 5.41) is 18.4. The lowest BCUT2D eigenvalue weighted by molar-refractivity contribution is 0.0278. The van der Waals surface area contributed by atoms with Crippen molar-refractivity contribution in [3.05, 3.63) is 58.1 Å². The topological polar surface area (TPSA) is 49.7 Å². The van der Waals surface area contributed by atoms with Crippen molar-refractivity contribution < 1.29 is 19.3 Å².